The van der Waals surface area contributed by atoms with Gasteiger partial charge in [0.15, 0.2) is 0 Å². The van der Waals surface area contributed by atoms with Gasteiger partial charge in [0.05, 0.1) is 0 Å². The van der Waals surface area contributed by atoms with Gasteiger partial charge in [0.1, 0.15) is 6.54 Å². The minimum Gasteiger partial charge on any atom is -0.399 e. The molecule has 0 aromatic heterocycles. The first-order chi connectivity index (χ1) is 9.56. The highest BCUT2D eigenvalue weighted by atomic mass is 16.2. The van der Waals surface area contributed by atoms with Crippen molar-refractivity contribution >= 4 is 17.5 Å². The van der Waals surface area contributed by atoms with E-state index < -0.39 is 0 Å². The number of amides is 2. The maximum Gasteiger partial charge on any atom is 0.254 e. The van der Waals surface area contributed by atoms with Crippen molar-refractivity contribution in [1.82, 2.24) is 9.80 Å². The Bertz CT molecular complexity index is 566. The van der Waals surface area contributed by atoms with E-state index >= 15 is 0 Å². The van der Waals surface area contributed by atoms with Crippen molar-refractivity contribution in [3.8, 4) is 0 Å². The van der Waals surface area contributed by atoms with E-state index in [9.17, 15) is 9.59 Å². The lowest BCUT2D eigenvalue weighted by atomic mass is 10.1. The molecule has 1 aromatic rings. The van der Waals surface area contributed by atoms with Gasteiger partial charge in [-0.2, -0.15) is 0 Å². The molecule has 1 aliphatic heterocycles. The van der Waals surface area contributed by atoms with E-state index in [-0.39, 0.29) is 18.4 Å². The molecule has 1 aliphatic carbocycles. The number of anilines is 1. The van der Waals surface area contributed by atoms with Crippen molar-refractivity contribution in [2.75, 3.05) is 25.4 Å². The lowest BCUT2D eigenvalue weighted by Crippen LogP contribution is -2.53. The zero-order valence-corrected chi connectivity index (χ0v) is 11.6. The van der Waals surface area contributed by atoms with Crippen molar-refractivity contribution in [2.24, 2.45) is 0 Å². The minimum absolute atomic E-state index is 0.0636. The number of hydrogen-bond acceptors (Lipinski definition) is 3. The van der Waals surface area contributed by atoms with Crippen LogP contribution in [-0.2, 0) is 4.79 Å². The van der Waals surface area contributed by atoms with Gasteiger partial charge in [-0.15, -0.1) is 0 Å². The minimum atomic E-state index is -0.0985. The fourth-order valence-electron chi connectivity index (χ4n) is 2.67. The van der Waals surface area contributed by atoms with Crippen LogP contribution in [0.4, 0.5) is 5.69 Å². The summed E-state index contributed by atoms with van der Waals surface area (Å²) in [5.74, 6) is -0.0350. The van der Waals surface area contributed by atoms with Gasteiger partial charge in [-0.1, -0.05) is 6.07 Å². The summed E-state index contributed by atoms with van der Waals surface area (Å²) >= 11 is 0. The second-order valence-corrected chi connectivity index (χ2v) is 5.62. The maximum absolute atomic E-state index is 12.5. The average molecular weight is 273 g/mol. The third-order valence-electron chi connectivity index (χ3n) is 4.02. The molecule has 1 aromatic carbocycles. The quantitative estimate of drug-likeness (QED) is 0.818. The number of nitrogens with two attached hydrogens (primary N) is 1. The van der Waals surface area contributed by atoms with Gasteiger partial charge in [0.25, 0.3) is 5.91 Å². The molecule has 0 atom stereocenters. The van der Waals surface area contributed by atoms with Crippen LogP contribution >= 0.6 is 0 Å². The van der Waals surface area contributed by atoms with Crippen LogP contribution in [0.3, 0.4) is 0 Å². The van der Waals surface area contributed by atoms with Crippen LogP contribution in [0.5, 0.6) is 0 Å². The van der Waals surface area contributed by atoms with Crippen molar-refractivity contribution in [3.05, 3.63) is 29.3 Å². The average Bonchev–Trinajstić information content (AvgIpc) is 3.25. The second-order valence-electron chi connectivity index (χ2n) is 5.62. The Kier molecular flexibility index (Phi) is 3.12. The van der Waals surface area contributed by atoms with Crippen LogP contribution in [0.15, 0.2) is 18.2 Å². The van der Waals surface area contributed by atoms with Gasteiger partial charge in [0, 0.05) is 30.4 Å². The first-order valence-corrected chi connectivity index (χ1v) is 7.01. The number of carbonyl (C=O) groups excluding carboxylic acids is 2. The summed E-state index contributed by atoms with van der Waals surface area (Å²) in [4.78, 5) is 28.1. The molecular formula is C15H19N3O2. The van der Waals surface area contributed by atoms with E-state index in [0.29, 0.717) is 30.4 Å². The van der Waals surface area contributed by atoms with Crippen LogP contribution < -0.4 is 5.73 Å². The number of hydrogen-bond donors (Lipinski definition) is 1. The van der Waals surface area contributed by atoms with Gasteiger partial charge in [-0.25, -0.2) is 0 Å². The lowest BCUT2D eigenvalue weighted by molar-refractivity contribution is -0.135. The highest BCUT2D eigenvalue weighted by Crippen LogP contribution is 2.28. The first kappa shape index (κ1) is 13.0. The van der Waals surface area contributed by atoms with E-state index in [2.05, 4.69) is 0 Å². The number of nitrogens with zero attached hydrogens (tertiary/aromatic N) is 2. The fourth-order valence-corrected chi connectivity index (χ4v) is 2.67. The van der Waals surface area contributed by atoms with Crippen molar-refractivity contribution in [3.63, 3.8) is 0 Å². The topological polar surface area (TPSA) is 66.6 Å². The Labute approximate surface area is 118 Å². The monoisotopic (exact) mass is 273 g/mol. The van der Waals surface area contributed by atoms with Crippen LogP contribution in [0.1, 0.15) is 28.8 Å². The molecule has 1 heterocycles. The maximum atomic E-state index is 12.5. The fraction of sp³-hybridized carbons (Fsp3) is 0.467. The second kappa shape index (κ2) is 4.81. The van der Waals surface area contributed by atoms with Crippen molar-refractivity contribution in [2.45, 2.75) is 25.8 Å². The first-order valence-electron chi connectivity index (χ1n) is 7.01. The Balaban J connectivity index is 1.74. The summed E-state index contributed by atoms with van der Waals surface area (Å²) in [5, 5.41) is 0. The molecule has 0 unspecified atom stereocenters. The van der Waals surface area contributed by atoms with Gasteiger partial charge in [0.2, 0.25) is 5.91 Å². The third kappa shape index (κ3) is 2.35. The Morgan fingerprint density at radius 1 is 1.30 bits per heavy atom. The zero-order chi connectivity index (χ0) is 14.3. The molecule has 5 nitrogen and oxygen atoms in total. The largest absolute Gasteiger partial charge is 0.399 e. The van der Waals surface area contributed by atoms with Crippen LogP contribution in [0.2, 0.25) is 0 Å². The third-order valence-corrected chi connectivity index (χ3v) is 4.02. The van der Waals surface area contributed by atoms with Gasteiger partial charge < -0.3 is 15.5 Å². The summed E-state index contributed by atoms with van der Waals surface area (Å²) in [6.07, 6.45) is 2.21. The highest BCUT2D eigenvalue weighted by Gasteiger charge is 2.37. The summed E-state index contributed by atoms with van der Waals surface area (Å²) < 4.78 is 0. The molecule has 2 fully saturated rings. The molecular weight excluding hydrogens is 254 g/mol. The van der Waals surface area contributed by atoms with Crippen LogP contribution in [0.25, 0.3) is 0 Å². The van der Waals surface area contributed by atoms with Crippen molar-refractivity contribution < 1.29 is 9.59 Å². The molecule has 2 aliphatic rings. The van der Waals surface area contributed by atoms with Crippen molar-refractivity contribution in [1.29, 1.82) is 0 Å². The predicted molar refractivity (Wildman–Crippen MR) is 76.2 cm³/mol. The number of nitrogen functional groups attached to an aromatic ring is 1. The Morgan fingerprint density at radius 2 is 2.05 bits per heavy atom. The molecule has 5 heteroatoms. The molecule has 2 N–H and O–H groups in total. The summed E-state index contributed by atoms with van der Waals surface area (Å²) in [5.41, 5.74) is 7.80. The SMILES string of the molecule is Cc1ccc(N)cc1C(=O)N1CCN(C2CC2)C(=O)C1. The van der Waals surface area contributed by atoms with Gasteiger partial charge in [-0.05, 0) is 37.5 Å². The molecule has 2 amide bonds. The molecule has 0 bridgehead atoms. The van der Waals surface area contributed by atoms with Crippen LogP contribution in [0, 0.1) is 6.92 Å². The molecule has 1 saturated carbocycles. The molecule has 106 valence electrons. The van der Waals surface area contributed by atoms with E-state index in [1.807, 2.05) is 17.9 Å². The van der Waals surface area contributed by atoms with Gasteiger partial charge in [-0.3, -0.25) is 9.59 Å². The summed E-state index contributed by atoms with van der Waals surface area (Å²) in [6, 6.07) is 5.73. The number of rotatable bonds is 2. The summed E-state index contributed by atoms with van der Waals surface area (Å²) in [6.45, 7) is 3.32. The molecule has 0 spiro atoms. The smallest absolute Gasteiger partial charge is 0.254 e. The zero-order valence-electron chi connectivity index (χ0n) is 11.6. The van der Waals surface area contributed by atoms with E-state index in [1.165, 1.54) is 0 Å². The molecule has 3 rings (SSSR count). The van der Waals surface area contributed by atoms with E-state index in [4.69, 9.17) is 5.73 Å². The van der Waals surface area contributed by atoms with E-state index in [1.54, 1.807) is 17.0 Å². The standard InChI is InChI=1S/C15H19N3O2/c1-10-2-3-11(16)8-13(10)15(20)17-6-7-18(12-4-5-12)14(19)9-17/h2-3,8,12H,4-7,9,16H2,1H3. The highest BCUT2D eigenvalue weighted by molar-refractivity contribution is 5.99. The molecule has 20 heavy (non-hydrogen) atoms. The number of aryl methyl sites for hydroxylation is 1. The van der Waals surface area contributed by atoms with Gasteiger partial charge >= 0.3 is 0 Å². The number of piperazine rings is 1. The number of carbonyl (C=O) groups is 2. The Hall–Kier alpha value is -2.04. The summed E-state index contributed by atoms with van der Waals surface area (Å²) in [7, 11) is 0. The Morgan fingerprint density at radius 3 is 2.70 bits per heavy atom. The van der Waals surface area contributed by atoms with E-state index in [0.717, 1.165) is 18.4 Å². The van der Waals surface area contributed by atoms with Crippen LogP contribution in [-0.4, -0.2) is 47.3 Å². The molecule has 1 saturated heterocycles. The number of benzene rings is 1. The normalized spacial score (nSPS) is 19.4. The lowest BCUT2D eigenvalue weighted by Gasteiger charge is -2.34. The predicted octanol–water partition coefficient (Wildman–Crippen LogP) is 1.02. The molecule has 0 radical (unpaired) electrons.